The number of nitrogens with zero attached hydrogens (tertiary/aromatic N) is 1. The van der Waals surface area contributed by atoms with Crippen LogP contribution < -0.4 is 10.1 Å². The van der Waals surface area contributed by atoms with Crippen molar-refractivity contribution in [3.8, 4) is 5.75 Å². The molecule has 0 fully saturated rings. The van der Waals surface area contributed by atoms with E-state index in [2.05, 4.69) is 5.32 Å². The predicted octanol–water partition coefficient (Wildman–Crippen LogP) is 3.69. The van der Waals surface area contributed by atoms with Gasteiger partial charge in [0, 0.05) is 30.1 Å². The van der Waals surface area contributed by atoms with E-state index in [0.29, 0.717) is 11.3 Å². The number of alkyl halides is 2. The van der Waals surface area contributed by atoms with Crippen LogP contribution >= 0.6 is 0 Å². The van der Waals surface area contributed by atoms with Crippen molar-refractivity contribution in [2.45, 2.75) is 18.2 Å². The fourth-order valence-corrected chi connectivity index (χ4v) is 3.03. The molecule has 0 atom stereocenters. The Morgan fingerprint density at radius 2 is 1.92 bits per heavy atom. The Kier molecular flexibility index (Phi) is 5.76. The molecular formula is C16H16F2N2O5S. The van der Waals surface area contributed by atoms with Crippen molar-refractivity contribution in [2.75, 3.05) is 18.2 Å². The summed E-state index contributed by atoms with van der Waals surface area (Å²) in [7, 11) is -3.75. The molecule has 7 nitrogen and oxygen atoms in total. The first-order valence-corrected chi connectivity index (χ1v) is 9.24. The zero-order chi connectivity index (χ0) is 19.5. The summed E-state index contributed by atoms with van der Waals surface area (Å²) in [6.45, 7) is 0.912. The lowest BCUT2D eigenvalue weighted by atomic mass is 10.2. The molecule has 2 rings (SSSR count). The Balaban J connectivity index is 2.39. The number of anilines is 2. The molecule has 0 radical (unpaired) electrons. The van der Waals surface area contributed by atoms with Gasteiger partial charge < -0.3 is 10.1 Å². The van der Waals surface area contributed by atoms with E-state index in [9.17, 15) is 27.3 Å². The SMILES string of the molecule is Cc1ccc(Nc2ccc([N+](=O)[O-])cc2S(C)(=O)=O)cc1OCC(F)F. The van der Waals surface area contributed by atoms with Crippen molar-refractivity contribution in [3.63, 3.8) is 0 Å². The fourth-order valence-electron chi connectivity index (χ4n) is 2.18. The number of nitrogens with one attached hydrogen (secondary N) is 1. The molecule has 0 amide bonds. The van der Waals surface area contributed by atoms with Gasteiger partial charge in [0.2, 0.25) is 0 Å². The average Bonchev–Trinajstić information content (AvgIpc) is 2.54. The third-order valence-corrected chi connectivity index (χ3v) is 4.54. The number of nitro groups is 1. The van der Waals surface area contributed by atoms with E-state index in [1.165, 1.54) is 18.2 Å². The van der Waals surface area contributed by atoms with Crippen LogP contribution in [0.15, 0.2) is 41.3 Å². The summed E-state index contributed by atoms with van der Waals surface area (Å²) in [6, 6.07) is 8.07. The molecule has 26 heavy (non-hydrogen) atoms. The lowest BCUT2D eigenvalue weighted by Gasteiger charge is -2.14. The van der Waals surface area contributed by atoms with Crippen LogP contribution in [0.3, 0.4) is 0 Å². The second kappa shape index (κ2) is 7.65. The second-order valence-corrected chi connectivity index (χ2v) is 7.50. The van der Waals surface area contributed by atoms with Crippen molar-refractivity contribution in [1.82, 2.24) is 0 Å². The first-order valence-electron chi connectivity index (χ1n) is 7.35. The Morgan fingerprint density at radius 3 is 2.50 bits per heavy atom. The molecule has 10 heteroatoms. The van der Waals surface area contributed by atoms with E-state index in [4.69, 9.17) is 4.74 Å². The molecule has 0 aliphatic carbocycles. The first-order chi connectivity index (χ1) is 12.1. The zero-order valence-electron chi connectivity index (χ0n) is 13.9. The van der Waals surface area contributed by atoms with Crippen LogP contribution in [0, 0.1) is 17.0 Å². The van der Waals surface area contributed by atoms with Crippen LogP contribution in [-0.4, -0.2) is 32.6 Å². The molecular weight excluding hydrogens is 370 g/mol. The van der Waals surface area contributed by atoms with Crippen molar-refractivity contribution < 1.29 is 26.9 Å². The molecule has 0 aliphatic heterocycles. The number of sulfone groups is 1. The number of hydrogen-bond donors (Lipinski definition) is 1. The number of benzene rings is 2. The Labute approximate surface area is 148 Å². The summed E-state index contributed by atoms with van der Waals surface area (Å²) < 4.78 is 53.6. The number of rotatable bonds is 7. The molecule has 1 N–H and O–H groups in total. The van der Waals surface area contributed by atoms with Gasteiger partial charge in [0.15, 0.2) is 9.84 Å². The van der Waals surface area contributed by atoms with E-state index in [-0.39, 0.29) is 22.0 Å². The molecule has 0 heterocycles. The monoisotopic (exact) mass is 386 g/mol. The van der Waals surface area contributed by atoms with Gasteiger partial charge in [0.1, 0.15) is 12.4 Å². The van der Waals surface area contributed by atoms with Gasteiger partial charge >= 0.3 is 0 Å². The summed E-state index contributed by atoms with van der Waals surface area (Å²) in [6.07, 6.45) is -1.69. The summed E-state index contributed by atoms with van der Waals surface area (Å²) in [5.74, 6) is 0.220. The van der Waals surface area contributed by atoms with Crippen LogP contribution in [0.2, 0.25) is 0 Å². The Bertz CT molecular complexity index is 932. The number of nitro benzene ring substituents is 1. The van der Waals surface area contributed by atoms with E-state index in [1.54, 1.807) is 19.1 Å². The standard InChI is InChI=1S/C16H16F2N2O5S/c1-10-3-4-11(7-14(10)25-9-16(17)18)19-13-6-5-12(20(21)22)8-15(13)26(2,23)24/h3-8,16,19H,9H2,1-2H3. The number of aryl methyl sites for hydroxylation is 1. The van der Waals surface area contributed by atoms with Gasteiger partial charge in [-0.05, 0) is 24.6 Å². The smallest absolute Gasteiger partial charge is 0.272 e. The third-order valence-electron chi connectivity index (χ3n) is 3.41. The van der Waals surface area contributed by atoms with Crippen molar-refractivity contribution in [2.24, 2.45) is 0 Å². The number of non-ortho nitro benzene ring substituents is 1. The lowest BCUT2D eigenvalue weighted by molar-refractivity contribution is -0.385. The van der Waals surface area contributed by atoms with Gasteiger partial charge in [0.25, 0.3) is 12.1 Å². The topological polar surface area (TPSA) is 98.5 Å². The van der Waals surface area contributed by atoms with Gasteiger partial charge in [-0.1, -0.05) is 6.07 Å². The molecule has 0 spiro atoms. The van der Waals surface area contributed by atoms with Crippen molar-refractivity contribution in [1.29, 1.82) is 0 Å². The molecule has 0 aliphatic rings. The highest BCUT2D eigenvalue weighted by atomic mass is 32.2. The minimum atomic E-state index is -3.75. The third kappa shape index (κ3) is 4.88. The van der Waals surface area contributed by atoms with E-state index in [0.717, 1.165) is 12.3 Å². The van der Waals surface area contributed by atoms with Crippen molar-refractivity contribution in [3.05, 3.63) is 52.1 Å². The average molecular weight is 386 g/mol. The van der Waals surface area contributed by atoms with Gasteiger partial charge in [-0.2, -0.15) is 0 Å². The fraction of sp³-hybridized carbons (Fsp3) is 0.250. The summed E-state index contributed by atoms with van der Waals surface area (Å²) in [4.78, 5) is 9.93. The number of hydrogen-bond acceptors (Lipinski definition) is 6. The molecule has 0 bridgehead atoms. The quantitative estimate of drug-likeness (QED) is 0.576. The van der Waals surface area contributed by atoms with Crippen LogP contribution in [0.25, 0.3) is 0 Å². The molecule has 140 valence electrons. The largest absolute Gasteiger partial charge is 0.487 e. The highest BCUT2D eigenvalue weighted by molar-refractivity contribution is 7.90. The maximum absolute atomic E-state index is 12.3. The second-order valence-electron chi connectivity index (χ2n) is 5.52. The first kappa shape index (κ1) is 19.6. The normalized spacial score (nSPS) is 11.4. The minimum absolute atomic E-state index is 0.127. The molecule has 2 aromatic carbocycles. The molecule has 0 saturated heterocycles. The molecule has 0 aromatic heterocycles. The molecule has 2 aromatic rings. The van der Waals surface area contributed by atoms with Crippen LogP contribution in [0.1, 0.15) is 5.56 Å². The van der Waals surface area contributed by atoms with Gasteiger partial charge in [-0.25, -0.2) is 17.2 Å². The van der Waals surface area contributed by atoms with Gasteiger partial charge in [-0.15, -0.1) is 0 Å². The van der Waals surface area contributed by atoms with E-state index >= 15 is 0 Å². The van der Waals surface area contributed by atoms with Gasteiger partial charge in [-0.3, -0.25) is 10.1 Å². The highest BCUT2D eigenvalue weighted by Crippen LogP contribution is 2.31. The van der Waals surface area contributed by atoms with Gasteiger partial charge in [0.05, 0.1) is 15.5 Å². The summed E-state index contributed by atoms with van der Waals surface area (Å²) in [5, 5.41) is 13.7. The zero-order valence-corrected chi connectivity index (χ0v) is 14.7. The predicted molar refractivity (Wildman–Crippen MR) is 92.2 cm³/mol. The molecule has 0 saturated carbocycles. The Morgan fingerprint density at radius 1 is 1.23 bits per heavy atom. The lowest BCUT2D eigenvalue weighted by Crippen LogP contribution is -2.08. The Hall–Kier alpha value is -2.75. The summed E-state index contributed by atoms with van der Waals surface area (Å²) >= 11 is 0. The minimum Gasteiger partial charge on any atom is -0.487 e. The van der Waals surface area contributed by atoms with Crippen molar-refractivity contribution >= 4 is 26.9 Å². The van der Waals surface area contributed by atoms with Crippen LogP contribution in [-0.2, 0) is 9.84 Å². The number of ether oxygens (including phenoxy) is 1. The summed E-state index contributed by atoms with van der Waals surface area (Å²) in [5.41, 5.74) is 0.782. The number of halogens is 2. The maximum Gasteiger partial charge on any atom is 0.272 e. The van der Waals surface area contributed by atoms with E-state index < -0.39 is 27.8 Å². The van der Waals surface area contributed by atoms with Crippen LogP contribution in [0.4, 0.5) is 25.8 Å². The van der Waals surface area contributed by atoms with Crippen LogP contribution in [0.5, 0.6) is 5.75 Å². The maximum atomic E-state index is 12.3. The van der Waals surface area contributed by atoms with E-state index in [1.807, 2.05) is 0 Å². The molecule has 0 unspecified atom stereocenters. The highest BCUT2D eigenvalue weighted by Gasteiger charge is 2.19.